The average Bonchev–Trinajstić information content (AvgIpc) is 3.79. The van der Waals surface area contributed by atoms with Gasteiger partial charge in [0, 0.05) is 19.0 Å². The van der Waals surface area contributed by atoms with Crippen LogP contribution in [0.5, 0.6) is 6.01 Å². The number of nitrogen functional groups attached to an aromatic ring is 1. The molecular weight excluding hydrogens is 817 g/mol. The first-order valence-electron chi connectivity index (χ1n) is 22.4. The molecule has 0 saturated carbocycles. The molecule has 2 aromatic heterocycles. The lowest BCUT2D eigenvalue weighted by atomic mass is 9.93. The maximum atomic E-state index is 13.3. The fraction of sp³-hybridized carbons (Fsp3) is 0.447. The highest BCUT2D eigenvalue weighted by atomic mass is 16.7. The molecule has 0 radical (unpaired) electrons. The van der Waals surface area contributed by atoms with Gasteiger partial charge in [0.15, 0.2) is 18.1 Å². The number of nitrogens with two attached hydrogens (primary N) is 2. The van der Waals surface area contributed by atoms with Crippen LogP contribution in [0.2, 0.25) is 0 Å². The maximum Gasteiger partial charge on any atom is 0.431 e. The number of unbranched alkanes of at least 4 members (excludes halogenated alkanes) is 2. The molecular formula is C47H60N10O7. The van der Waals surface area contributed by atoms with Crippen molar-refractivity contribution in [2.75, 3.05) is 51.7 Å². The number of hydrogen-bond donors (Lipinski definition) is 6. The summed E-state index contributed by atoms with van der Waals surface area (Å²) in [7, 11) is 0. The molecule has 1 saturated heterocycles. The topological polar surface area (TPSA) is 234 Å². The Balaban J connectivity index is 0.802. The van der Waals surface area contributed by atoms with E-state index in [2.05, 4.69) is 67.2 Å². The van der Waals surface area contributed by atoms with Gasteiger partial charge < -0.3 is 36.6 Å². The second-order valence-corrected chi connectivity index (χ2v) is 16.5. The van der Waals surface area contributed by atoms with Crippen molar-refractivity contribution in [1.29, 1.82) is 0 Å². The number of hydroxylamine groups is 1. The second kappa shape index (κ2) is 22.4. The summed E-state index contributed by atoms with van der Waals surface area (Å²) in [5.41, 5.74) is 21.0. The van der Waals surface area contributed by atoms with E-state index in [1.165, 1.54) is 5.56 Å². The number of imidazole rings is 1. The van der Waals surface area contributed by atoms with Crippen LogP contribution in [-0.2, 0) is 32.3 Å². The highest BCUT2D eigenvalue weighted by molar-refractivity contribution is 5.88. The van der Waals surface area contributed by atoms with Crippen LogP contribution in [0.25, 0.3) is 22.3 Å². The molecule has 7 rings (SSSR count). The lowest BCUT2D eigenvalue weighted by Gasteiger charge is -2.32. The third kappa shape index (κ3) is 11.8. The normalized spacial score (nSPS) is 14.5. The lowest BCUT2D eigenvalue weighted by molar-refractivity contribution is -0.133. The Labute approximate surface area is 372 Å². The summed E-state index contributed by atoms with van der Waals surface area (Å²) >= 11 is 0. The number of H-pyrrole nitrogens is 1. The van der Waals surface area contributed by atoms with Gasteiger partial charge in [-0.05, 0) is 104 Å². The van der Waals surface area contributed by atoms with E-state index in [0.29, 0.717) is 56.2 Å². The Hall–Kier alpha value is -6.30. The zero-order valence-corrected chi connectivity index (χ0v) is 36.5. The number of likely N-dealkylation sites (tertiary alicyclic amines) is 1. The summed E-state index contributed by atoms with van der Waals surface area (Å²) in [6.07, 6.45) is 5.69. The number of piperidine rings is 1. The zero-order valence-electron chi connectivity index (χ0n) is 36.5. The molecule has 64 heavy (non-hydrogen) atoms. The van der Waals surface area contributed by atoms with Crippen molar-refractivity contribution in [2.45, 2.75) is 83.3 Å². The minimum Gasteiger partial charge on any atom is -0.463 e. The molecule has 3 aromatic carbocycles. The number of hydrogen-bond acceptors (Lipinski definition) is 12. The summed E-state index contributed by atoms with van der Waals surface area (Å²) < 4.78 is 12.7. The summed E-state index contributed by atoms with van der Waals surface area (Å²) in [5.74, 6) is -0.272. The van der Waals surface area contributed by atoms with Gasteiger partial charge in [0.2, 0.25) is 11.8 Å². The molecule has 17 nitrogen and oxygen atoms in total. The first-order chi connectivity index (χ1) is 31.2. The smallest absolute Gasteiger partial charge is 0.431 e. The number of carbonyl (C=O) groups is 3. The predicted molar refractivity (Wildman–Crippen MR) is 243 cm³/mol. The van der Waals surface area contributed by atoms with E-state index in [1.54, 1.807) is 4.57 Å². The van der Waals surface area contributed by atoms with E-state index in [1.807, 2.05) is 48.5 Å². The molecule has 1 aliphatic heterocycles. The summed E-state index contributed by atoms with van der Waals surface area (Å²) in [6, 6.07) is 23.7. The molecule has 1 atom stereocenters. The van der Waals surface area contributed by atoms with Gasteiger partial charge in [-0.25, -0.2) is 9.59 Å². The van der Waals surface area contributed by atoms with Gasteiger partial charge in [-0.2, -0.15) is 15.4 Å². The van der Waals surface area contributed by atoms with Crippen LogP contribution in [0, 0.1) is 5.92 Å². The van der Waals surface area contributed by atoms with Crippen molar-refractivity contribution < 1.29 is 28.7 Å². The van der Waals surface area contributed by atoms with Gasteiger partial charge in [0.05, 0.1) is 13.2 Å². The van der Waals surface area contributed by atoms with Gasteiger partial charge in [0.1, 0.15) is 18.2 Å². The van der Waals surface area contributed by atoms with E-state index in [9.17, 15) is 19.2 Å². The standard InChI is InChI=1S/C47H60N10O7/c1-2-3-26-62-45-53-42(49)41-43(54-45)57(46(60)52-41)28-33-17-15-32(16-18-33)27-56-24-20-31(21-25-56)19-23-50-44(59)39(14-8-9-22-48)51-40(58)30-64-55-47(61)63-29-38-36-12-6-4-10-34(36)35-11-5-7-13-37(35)38/h4-7,10-13,15-18,31,38-39H,2-3,8-9,14,19-30,48H2,1H3,(H,50,59)(H,51,58)(H,52,60)(H,55,61)(H2,49,53,54). The number of benzene rings is 3. The largest absolute Gasteiger partial charge is 0.463 e. The Bertz CT molecular complexity index is 2370. The van der Waals surface area contributed by atoms with Crippen LogP contribution >= 0.6 is 0 Å². The minimum absolute atomic E-state index is 0.109. The number of aromatic amines is 1. The first-order valence-corrected chi connectivity index (χ1v) is 22.4. The number of ether oxygens (including phenoxy) is 2. The van der Waals surface area contributed by atoms with Crippen LogP contribution < -0.4 is 38.0 Å². The maximum absolute atomic E-state index is 13.3. The van der Waals surface area contributed by atoms with Gasteiger partial charge in [-0.1, -0.05) is 86.1 Å². The molecule has 3 amide bonds. The van der Waals surface area contributed by atoms with Crippen molar-refractivity contribution in [1.82, 2.24) is 40.5 Å². The SMILES string of the molecule is CCCCOc1nc(N)c2[nH]c(=O)n(Cc3ccc(CN4CCC(CCNC(=O)C(CCCCN)NC(=O)CONC(=O)OCC5c6ccccc6-c6ccccc65)CC4)cc3)c2n1. The van der Waals surface area contributed by atoms with Crippen LogP contribution in [-0.4, -0.2) is 94.4 Å². The number of carbonyl (C=O) groups excluding carboxylic acids is 3. The molecule has 1 aliphatic carbocycles. The number of fused-ring (bicyclic) bond motifs is 4. The monoisotopic (exact) mass is 876 g/mol. The van der Waals surface area contributed by atoms with Gasteiger partial charge in [-0.15, -0.1) is 0 Å². The summed E-state index contributed by atoms with van der Waals surface area (Å²) in [4.78, 5) is 70.5. The third-order valence-corrected chi connectivity index (χ3v) is 12.0. The molecule has 340 valence electrons. The molecule has 0 bridgehead atoms. The summed E-state index contributed by atoms with van der Waals surface area (Å²) in [6.45, 7) is 6.17. The molecule has 3 heterocycles. The van der Waals surface area contributed by atoms with Crippen molar-refractivity contribution in [3.8, 4) is 17.1 Å². The number of aromatic nitrogens is 4. The molecule has 1 unspecified atom stereocenters. The highest BCUT2D eigenvalue weighted by Gasteiger charge is 2.29. The minimum atomic E-state index is -0.809. The quantitative estimate of drug-likeness (QED) is 0.0409. The molecule has 8 N–H and O–H groups in total. The van der Waals surface area contributed by atoms with E-state index < -0.39 is 24.6 Å². The molecule has 1 fully saturated rings. The molecule has 2 aliphatic rings. The Morgan fingerprint density at radius 3 is 2.28 bits per heavy atom. The molecule has 5 aromatic rings. The van der Waals surface area contributed by atoms with Crippen LogP contribution in [0.1, 0.15) is 86.5 Å². The molecule has 17 heteroatoms. The van der Waals surface area contributed by atoms with Crippen molar-refractivity contribution in [2.24, 2.45) is 11.7 Å². The van der Waals surface area contributed by atoms with Gasteiger partial charge in [0.25, 0.3) is 0 Å². The van der Waals surface area contributed by atoms with E-state index in [4.69, 9.17) is 25.8 Å². The van der Waals surface area contributed by atoms with Gasteiger partial charge >= 0.3 is 17.8 Å². The lowest BCUT2D eigenvalue weighted by Crippen LogP contribution is -2.48. The second-order valence-electron chi connectivity index (χ2n) is 16.5. The highest BCUT2D eigenvalue weighted by Crippen LogP contribution is 2.44. The average molecular weight is 877 g/mol. The van der Waals surface area contributed by atoms with E-state index in [0.717, 1.165) is 86.0 Å². The number of amides is 3. The van der Waals surface area contributed by atoms with E-state index in [-0.39, 0.29) is 36.0 Å². The van der Waals surface area contributed by atoms with Crippen molar-refractivity contribution in [3.05, 3.63) is 106 Å². The predicted octanol–water partition coefficient (Wildman–Crippen LogP) is 4.73. The first kappa shape index (κ1) is 45.7. The van der Waals surface area contributed by atoms with E-state index >= 15 is 0 Å². The van der Waals surface area contributed by atoms with Crippen LogP contribution in [0.3, 0.4) is 0 Å². The third-order valence-electron chi connectivity index (χ3n) is 12.0. The molecule has 0 spiro atoms. The Morgan fingerprint density at radius 2 is 1.59 bits per heavy atom. The Kier molecular flexibility index (Phi) is 16.0. The number of nitrogens with one attached hydrogen (secondary N) is 4. The van der Waals surface area contributed by atoms with Crippen molar-refractivity contribution in [3.63, 3.8) is 0 Å². The van der Waals surface area contributed by atoms with Crippen molar-refractivity contribution >= 4 is 34.9 Å². The fourth-order valence-corrected chi connectivity index (χ4v) is 8.48. The van der Waals surface area contributed by atoms with Crippen LogP contribution in [0.4, 0.5) is 10.6 Å². The number of rotatable bonds is 22. The van der Waals surface area contributed by atoms with Gasteiger partial charge in [-0.3, -0.25) is 23.9 Å². The fourth-order valence-electron chi connectivity index (χ4n) is 8.48. The zero-order chi connectivity index (χ0) is 44.8. The number of nitrogens with zero attached hydrogens (tertiary/aromatic N) is 4. The Morgan fingerprint density at radius 1 is 0.906 bits per heavy atom. The van der Waals surface area contributed by atoms with Crippen LogP contribution in [0.15, 0.2) is 77.6 Å². The summed E-state index contributed by atoms with van der Waals surface area (Å²) in [5, 5.41) is 5.78. The number of anilines is 1.